The summed E-state index contributed by atoms with van der Waals surface area (Å²) in [5.41, 5.74) is 0. The zero-order chi connectivity index (χ0) is 7.61. The van der Waals surface area contributed by atoms with Gasteiger partial charge in [0.05, 0.1) is 13.2 Å². The monoisotopic (exact) mass is 141 g/mol. The van der Waals surface area contributed by atoms with Gasteiger partial charge in [0, 0.05) is 14.0 Å². The molecule has 2 unspecified atom stereocenters. The van der Waals surface area contributed by atoms with Crippen LogP contribution in [-0.2, 0) is 4.74 Å². The Labute approximate surface area is 61.2 Å². The quantitative estimate of drug-likeness (QED) is 0.524. The smallest absolute Gasteiger partial charge is 0.199 e. The molecule has 56 valence electrons. The fraction of sp³-hybridized carbons (Fsp3) is 0.571. The number of hydrogen-bond acceptors (Lipinski definition) is 2. The minimum Gasteiger partial charge on any atom is -0.332 e. The van der Waals surface area contributed by atoms with Crippen LogP contribution in [0.15, 0.2) is 17.4 Å². The maximum absolute atomic E-state index is 5.17. The van der Waals surface area contributed by atoms with Crippen LogP contribution in [0.4, 0.5) is 0 Å². The van der Waals surface area contributed by atoms with E-state index >= 15 is 0 Å². The van der Waals surface area contributed by atoms with Gasteiger partial charge in [0.2, 0.25) is 0 Å². The fourth-order valence-electron chi connectivity index (χ4n) is 0.845. The van der Waals surface area contributed by atoms with Gasteiger partial charge in [-0.05, 0) is 0 Å². The topological polar surface area (TPSA) is 21.6 Å². The third kappa shape index (κ3) is 1.10. The summed E-state index contributed by atoms with van der Waals surface area (Å²) in [4.78, 5) is 3.99. The van der Waals surface area contributed by atoms with Crippen molar-refractivity contribution in [1.29, 1.82) is 0 Å². The summed E-state index contributed by atoms with van der Waals surface area (Å²) in [6.07, 6.45) is 5.78. The number of quaternary nitrogens is 1. The highest BCUT2D eigenvalue weighted by Gasteiger charge is 2.27. The summed E-state index contributed by atoms with van der Waals surface area (Å²) in [6.45, 7) is 2.02. The summed E-state index contributed by atoms with van der Waals surface area (Å²) >= 11 is 0. The Morgan fingerprint density at radius 2 is 2.30 bits per heavy atom. The molecular weight excluding hydrogens is 128 g/mol. The van der Waals surface area contributed by atoms with Crippen molar-refractivity contribution in [2.75, 3.05) is 14.2 Å². The maximum Gasteiger partial charge on any atom is 0.199 e. The number of rotatable bonds is 2. The molecule has 10 heavy (non-hydrogen) atoms. The highest BCUT2D eigenvalue weighted by Crippen LogP contribution is 2.12. The number of methoxy groups -OCH3 is 1. The first-order valence-corrected chi connectivity index (χ1v) is 3.29. The summed E-state index contributed by atoms with van der Waals surface area (Å²) in [5.74, 6) is 0. The molecule has 0 N–H and O–H groups in total. The number of aliphatic imine (C=N–C) groups is 1. The third-order valence-electron chi connectivity index (χ3n) is 1.91. The zero-order valence-electron chi connectivity index (χ0n) is 6.61. The number of hydrogen-bond donors (Lipinski definition) is 0. The molecule has 0 radical (unpaired) electrons. The average molecular weight is 141 g/mol. The molecule has 1 heterocycles. The van der Waals surface area contributed by atoms with Crippen molar-refractivity contribution < 1.29 is 9.22 Å². The van der Waals surface area contributed by atoms with Crippen LogP contribution >= 0.6 is 0 Å². The normalized spacial score (nSPS) is 33.1. The van der Waals surface area contributed by atoms with E-state index in [-0.39, 0.29) is 6.23 Å². The molecule has 2 atom stereocenters. The van der Waals surface area contributed by atoms with E-state index in [0.29, 0.717) is 4.48 Å². The molecule has 1 aliphatic heterocycles. The second kappa shape index (κ2) is 2.52. The van der Waals surface area contributed by atoms with Gasteiger partial charge in [-0.25, -0.2) is 9.48 Å². The van der Waals surface area contributed by atoms with Crippen LogP contribution in [0.2, 0.25) is 0 Å². The van der Waals surface area contributed by atoms with Crippen LogP contribution in [0.1, 0.15) is 6.92 Å². The number of ether oxygens (including phenoxy) is 1. The predicted octanol–water partition coefficient (Wildman–Crippen LogP) is 0.939. The Morgan fingerprint density at radius 3 is 2.70 bits per heavy atom. The average Bonchev–Trinajstić information content (AvgIpc) is 2.36. The minimum atomic E-state index is 0.141. The summed E-state index contributed by atoms with van der Waals surface area (Å²) in [7, 11) is 3.75. The van der Waals surface area contributed by atoms with E-state index in [4.69, 9.17) is 4.74 Å². The van der Waals surface area contributed by atoms with Crippen LogP contribution in [0.25, 0.3) is 0 Å². The van der Waals surface area contributed by atoms with Crippen LogP contribution in [0, 0.1) is 0 Å². The van der Waals surface area contributed by atoms with Crippen LogP contribution in [0.5, 0.6) is 0 Å². The molecule has 0 fully saturated rings. The summed E-state index contributed by atoms with van der Waals surface area (Å²) in [5, 5.41) is 0. The second-order valence-electron chi connectivity index (χ2n) is 2.62. The van der Waals surface area contributed by atoms with E-state index in [1.54, 1.807) is 13.3 Å². The van der Waals surface area contributed by atoms with E-state index < -0.39 is 0 Å². The van der Waals surface area contributed by atoms with Crippen LogP contribution in [0.3, 0.4) is 0 Å². The van der Waals surface area contributed by atoms with Gasteiger partial charge in [-0.2, -0.15) is 0 Å². The molecule has 0 aromatic heterocycles. The van der Waals surface area contributed by atoms with E-state index in [2.05, 4.69) is 4.99 Å². The van der Waals surface area contributed by atoms with Gasteiger partial charge in [-0.1, -0.05) is 0 Å². The minimum absolute atomic E-state index is 0.141. The standard InChI is InChI=1S/C7H13N2O/c1-7(10-3)9(2)5-4-8-6-9/h4-7H,1-3H3/q+1. The molecule has 3 nitrogen and oxygen atoms in total. The molecule has 0 spiro atoms. The number of nitrogens with zero attached hydrogens (tertiary/aromatic N) is 2. The lowest BCUT2D eigenvalue weighted by Crippen LogP contribution is -2.44. The Kier molecular flexibility index (Phi) is 1.87. The molecule has 0 saturated heterocycles. The molecule has 0 bridgehead atoms. The summed E-state index contributed by atoms with van der Waals surface area (Å²) < 4.78 is 5.80. The lowest BCUT2D eigenvalue weighted by Gasteiger charge is -2.27. The van der Waals surface area contributed by atoms with E-state index in [1.807, 2.05) is 26.5 Å². The van der Waals surface area contributed by atoms with Crippen molar-refractivity contribution in [3.8, 4) is 0 Å². The second-order valence-corrected chi connectivity index (χ2v) is 2.62. The maximum atomic E-state index is 5.17. The van der Waals surface area contributed by atoms with Crippen molar-refractivity contribution in [3.63, 3.8) is 0 Å². The highest BCUT2D eigenvalue weighted by molar-refractivity contribution is 5.50. The first-order valence-electron chi connectivity index (χ1n) is 3.29. The van der Waals surface area contributed by atoms with E-state index in [0.717, 1.165) is 0 Å². The van der Waals surface area contributed by atoms with Gasteiger partial charge in [0.15, 0.2) is 12.6 Å². The third-order valence-corrected chi connectivity index (χ3v) is 1.91. The van der Waals surface area contributed by atoms with Gasteiger partial charge in [0.25, 0.3) is 0 Å². The molecule has 3 heteroatoms. The Morgan fingerprint density at radius 1 is 1.60 bits per heavy atom. The predicted molar refractivity (Wildman–Crippen MR) is 40.3 cm³/mol. The molecular formula is C7H13N2O+. The van der Waals surface area contributed by atoms with Gasteiger partial charge in [-0.15, -0.1) is 0 Å². The van der Waals surface area contributed by atoms with E-state index in [1.165, 1.54) is 0 Å². The molecule has 0 aromatic rings. The lowest BCUT2D eigenvalue weighted by molar-refractivity contribution is -0.812. The van der Waals surface area contributed by atoms with Crippen LogP contribution in [-0.4, -0.2) is 31.2 Å². The van der Waals surface area contributed by atoms with Crippen LogP contribution < -0.4 is 0 Å². The molecule has 0 aliphatic carbocycles. The van der Waals surface area contributed by atoms with Crippen molar-refractivity contribution in [2.45, 2.75) is 13.2 Å². The van der Waals surface area contributed by atoms with Crippen molar-refractivity contribution in [3.05, 3.63) is 12.4 Å². The van der Waals surface area contributed by atoms with Gasteiger partial charge in [0.1, 0.15) is 6.20 Å². The van der Waals surface area contributed by atoms with Crippen molar-refractivity contribution >= 4 is 6.34 Å². The first-order chi connectivity index (χ1) is 4.69. The van der Waals surface area contributed by atoms with E-state index in [9.17, 15) is 0 Å². The Hall–Kier alpha value is -0.670. The molecule has 0 aromatic carbocycles. The SMILES string of the molecule is COC(C)[N+]1(C)C=CN=C1. The largest absolute Gasteiger partial charge is 0.332 e. The van der Waals surface area contributed by atoms with Gasteiger partial charge in [-0.3, -0.25) is 0 Å². The van der Waals surface area contributed by atoms with Gasteiger partial charge < -0.3 is 4.74 Å². The molecule has 0 amide bonds. The Bertz CT molecular complexity index is 162. The molecule has 1 rings (SSSR count). The molecule has 0 saturated carbocycles. The summed E-state index contributed by atoms with van der Waals surface area (Å²) in [6, 6.07) is 0. The molecule has 1 aliphatic rings. The zero-order valence-corrected chi connectivity index (χ0v) is 6.61. The van der Waals surface area contributed by atoms with Crippen molar-refractivity contribution in [1.82, 2.24) is 0 Å². The van der Waals surface area contributed by atoms with Gasteiger partial charge >= 0.3 is 0 Å². The fourth-order valence-corrected chi connectivity index (χ4v) is 0.845. The lowest BCUT2D eigenvalue weighted by atomic mass is 10.5. The Balaban J connectivity index is 2.69. The van der Waals surface area contributed by atoms with Crippen molar-refractivity contribution in [2.24, 2.45) is 4.99 Å². The highest BCUT2D eigenvalue weighted by atomic mass is 16.5. The first kappa shape index (κ1) is 7.44.